The van der Waals surface area contributed by atoms with Gasteiger partial charge in [-0.2, -0.15) is 0 Å². The smallest absolute Gasteiger partial charge is 0.0794 e. The van der Waals surface area contributed by atoms with Crippen LogP contribution in [-0.4, -0.2) is 4.98 Å². The van der Waals surface area contributed by atoms with Gasteiger partial charge in [0.1, 0.15) is 0 Å². The first-order chi connectivity index (χ1) is 9.43. The van der Waals surface area contributed by atoms with Gasteiger partial charge in [-0.15, -0.1) is 11.3 Å². The fraction of sp³-hybridized carbons (Fsp3) is 0. The van der Waals surface area contributed by atoms with Crippen LogP contribution >= 0.6 is 11.3 Å². The van der Waals surface area contributed by atoms with Crippen molar-refractivity contribution >= 4 is 32.2 Å². The van der Waals surface area contributed by atoms with Crippen molar-refractivity contribution in [3.8, 4) is 11.3 Å². The van der Waals surface area contributed by atoms with Crippen molar-refractivity contribution in [3.05, 3.63) is 66.2 Å². The summed E-state index contributed by atoms with van der Waals surface area (Å²) >= 11 is 1.76. The topological polar surface area (TPSA) is 12.9 Å². The standard InChI is InChI=1S/C17H11NS/c1-2-6-13-12(4-1)5-3-7-14(13)17-15-9-11-19-16(15)8-10-18-17/h1-11H. The van der Waals surface area contributed by atoms with E-state index in [4.69, 9.17) is 0 Å². The molecule has 1 nitrogen and oxygen atoms in total. The van der Waals surface area contributed by atoms with Crippen molar-refractivity contribution in [2.75, 3.05) is 0 Å². The molecular formula is C17H11NS. The summed E-state index contributed by atoms with van der Waals surface area (Å²) in [6.07, 6.45) is 1.90. The Morgan fingerprint density at radius 1 is 0.789 bits per heavy atom. The van der Waals surface area contributed by atoms with Gasteiger partial charge in [0, 0.05) is 21.8 Å². The summed E-state index contributed by atoms with van der Waals surface area (Å²) in [5.74, 6) is 0. The number of fused-ring (bicyclic) bond motifs is 2. The molecular weight excluding hydrogens is 250 g/mol. The largest absolute Gasteiger partial charge is 0.256 e. The van der Waals surface area contributed by atoms with Crippen LogP contribution in [0.15, 0.2) is 66.2 Å². The first-order valence-electron chi connectivity index (χ1n) is 6.24. The van der Waals surface area contributed by atoms with E-state index in [0.29, 0.717) is 0 Å². The monoisotopic (exact) mass is 261 g/mol. The molecule has 2 heteroatoms. The van der Waals surface area contributed by atoms with Crippen molar-refractivity contribution in [3.63, 3.8) is 0 Å². The van der Waals surface area contributed by atoms with Crippen LogP contribution in [0.5, 0.6) is 0 Å². The summed E-state index contributed by atoms with van der Waals surface area (Å²) in [6, 6.07) is 19.1. The second-order valence-corrected chi connectivity index (χ2v) is 5.47. The van der Waals surface area contributed by atoms with E-state index in [1.54, 1.807) is 11.3 Å². The zero-order chi connectivity index (χ0) is 12.7. The van der Waals surface area contributed by atoms with Gasteiger partial charge in [-0.25, -0.2) is 0 Å². The average molecular weight is 261 g/mol. The van der Waals surface area contributed by atoms with Crippen molar-refractivity contribution in [2.24, 2.45) is 0 Å². The molecule has 0 amide bonds. The quantitative estimate of drug-likeness (QED) is 0.463. The molecule has 2 heterocycles. The molecule has 0 spiro atoms. The first-order valence-corrected chi connectivity index (χ1v) is 7.12. The van der Waals surface area contributed by atoms with Crippen molar-refractivity contribution < 1.29 is 0 Å². The molecule has 0 fully saturated rings. The summed E-state index contributed by atoms with van der Waals surface area (Å²) < 4.78 is 1.29. The first kappa shape index (κ1) is 10.7. The lowest BCUT2D eigenvalue weighted by molar-refractivity contribution is 1.37. The Kier molecular flexibility index (Phi) is 2.35. The number of pyridine rings is 1. The van der Waals surface area contributed by atoms with E-state index in [-0.39, 0.29) is 0 Å². The van der Waals surface area contributed by atoms with Gasteiger partial charge in [-0.05, 0) is 28.3 Å². The Morgan fingerprint density at radius 2 is 1.68 bits per heavy atom. The third-order valence-corrected chi connectivity index (χ3v) is 4.31. The van der Waals surface area contributed by atoms with Crippen LogP contribution < -0.4 is 0 Å². The molecule has 0 saturated carbocycles. The van der Waals surface area contributed by atoms with Crippen molar-refractivity contribution in [1.82, 2.24) is 4.98 Å². The second kappa shape index (κ2) is 4.18. The Balaban J connectivity index is 2.12. The van der Waals surface area contributed by atoms with Crippen molar-refractivity contribution in [1.29, 1.82) is 0 Å². The van der Waals surface area contributed by atoms with Crippen molar-refractivity contribution in [2.45, 2.75) is 0 Å². The van der Waals surface area contributed by atoms with Crippen LogP contribution in [0, 0.1) is 0 Å². The van der Waals surface area contributed by atoms with E-state index in [0.717, 1.165) is 5.69 Å². The number of rotatable bonds is 1. The fourth-order valence-corrected chi connectivity index (χ4v) is 3.32. The van der Waals surface area contributed by atoms with Gasteiger partial charge in [-0.1, -0.05) is 42.5 Å². The van der Waals surface area contributed by atoms with Gasteiger partial charge in [0.2, 0.25) is 0 Å². The van der Waals surface area contributed by atoms with Gasteiger partial charge < -0.3 is 0 Å². The van der Waals surface area contributed by atoms with Gasteiger partial charge in [0.25, 0.3) is 0 Å². The predicted molar refractivity (Wildman–Crippen MR) is 82.6 cm³/mol. The predicted octanol–water partition coefficient (Wildman–Crippen LogP) is 5.12. The van der Waals surface area contributed by atoms with E-state index in [2.05, 4.69) is 65.0 Å². The van der Waals surface area contributed by atoms with E-state index in [9.17, 15) is 0 Å². The number of hydrogen-bond acceptors (Lipinski definition) is 2. The van der Waals surface area contributed by atoms with Gasteiger partial charge in [0.15, 0.2) is 0 Å². The summed E-state index contributed by atoms with van der Waals surface area (Å²) in [6.45, 7) is 0. The van der Waals surface area contributed by atoms with Crippen LogP contribution in [-0.2, 0) is 0 Å². The Bertz CT molecular complexity index is 871. The molecule has 0 radical (unpaired) electrons. The minimum absolute atomic E-state index is 1.08. The third-order valence-electron chi connectivity index (χ3n) is 3.42. The summed E-state index contributed by atoms with van der Waals surface area (Å²) in [4.78, 5) is 4.61. The molecule has 0 saturated heterocycles. The minimum atomic E-state index is 1.08. The second-order valence-electron chi connectivity index (χ2n) is 4.52. The van der Waals surface area contributed by atoms with Crippen LogP contribution in [0.2, 0.25) is 0 Å². The third kappa shape index (κ3) is 1.65. The average Bonchev–Trinajstić information content (AvgIpc) is 2.95. The maximum Gasteiger partial charge on any atom is 0.0794 e. The van der Waals surface area contributed by atoms with E-state index in [1.807, 2.05) is 6.20 Å². The fourth-order valence-electron chi connectivity index (χ4n) is 2.54. The van der Waals surface area contributed by atoms with E-state index < -0.39 is 0 Å². The summed E-state index contributed by atoms with van der Waals surface area (Å²) in [7, 11) is 0. The van der Waals surface area contributed by atoms with Crippen LogP contribution in [0.4, 0.5) is 0 Å². The lowest BCUT2D eigenvalue weighted by atomic mass is 10.0. The molecule has 0 N–H and O–H groups in total. The number of benzene rings is 2. The van der Waals surface area contributed by atoms with Gasteiger partial charge >= 0.3 is 0 Å². The van der Waals surface area contributed by atoms with Gasteiger partial charge in [-0.3, -0.25) is 4.98 Å². The molecule has 0 aliphatic rings. The van der Waals surface area contributed by atoms with Crippen LogP contribution in [0.3, 0.4) is 0 Å². The van der Waals surface area contributed by atoms with Crippen LogP contribution in [0.25, 0.3) is 32.1 Å². The maximum absolute atomic E-state index is 4.61. The van der Waals surface area contributed by atoms with E-state index in [1.165, 1.54) is 26.4 Å². The maximum atomic E-state index is 4.61. The highest BCUT2D eigenvalue weighted by atomic mass is 32.1. The lowest BCUT2D eigenvalue weighted by Gasteiger charge is -2.07. The molecule has 4 rings (SSSR count). The number of nitrogens with zero attached hydrogens (tertiary/aromatic N) is 1. The molecule has 0 atom stereocenters. The molecule has 0 aliphatic heterocycles. The molecule has 4 aromatic rings. The highest BCUT2D eigenvalue weighted by Crippen LogP contribution is 2.33. The Hall–Kier alpha value is -2.19. The molecule has 90 valence electrons. The zero-order valence-electron chi connectivity index (χ0n) is 10.2. The highest BCUT2D eigenvalue weighted by molar-refractivity contribution is 7.17. The van der Waals surface area contributed by atoms with Gasteiger partial charge in [0.05, 0.1) is 5.69 Å². The number of thiophene rings is 1. The lowest BCUT2D eigenvalue weighted by Crippen LogP contribution is -1.85. The molecule has 2 aromatic carbocycles. The Labute approximate surface area is 115 Å². The molecule has 0 aliphatic carbocycles. The SMILES string of the molecule is c1ccc2c(-c3nccc4sccc34)cccc2c1. The summed E-state index contributed by atoms with van der Waals surface area (Å²) in [5.41, 5.74) is 2.29. The molecule has 0 unspecified atom stereocenters. The zero-order valence-corrected chi connectivity index (χ0v) is 11.0. The summed E-state index contributed by atoms with van der Waals surface area (Å²) in [5, 5.41) is 5.88. The molecule has 19 heavy (non-hydrogen) atoms. The molecule has 2 aromatic heterocycles. The number of hydrogen-bond donors (Lipinski definition) is 0. The normalized spacial score (nSPS) is 11.2. The highest BCUT2D eigenvalue weighted by Gasteiger charge is 2.08. The van der Waals surface area contributed by atoms with Crippen LogP contribution in [0.1, 0.15) is 0 Å². The number of aromatic nitrogens is 1. The molecule has 0 bridgehead atoms. The minimum Gasteiger partial charge on any atom is -0.256 e. The van der Waals surface area contributed by atoms with E-state index >= 15 is 0 Å². The Morgan fingerprint density at radius 3 is 2.68 bits per heavy atom.